The summed E-state index contributed by atoms with van der Waals surface area (Å²) in [6.45, 7) is 2.19. The van der Waals surface area contributed by atoms with Gasteiger partial charge in [0.15, 0.2) is 11.6 Å². The summed E-state index contributed by atoms with van der Waals surface area (Å²) in [6, 6.07) is 4.40. The van der Waals surface area contributed by atoms with Gasteiger partial charge in [0.2, 0.25) is 5.75 Å². The van der Waals surface area contributed by atoms with E-state index in [4.69, 9.17) is 0 Å². The molecule has 0 aromatic heterocycles. The minimum atomic E-state index is -5.23. The molecule has 2 aliphatic carbocycles. The second kappa shape index (κ2) is 8.40. The molecule has 0 amide bonds. The monoisotopic (exact) mass is 442 g/mol. The fraction of sp³-hybridized carbons (Fsp3) is 0.500. The minimum Gasteiger partial charge on any atom is -0.399 e. The molecule has 0 unspecified atom stereocenters. The lowest BCUT2D eigenvalue weighted by atomic mass is 9.64. The van der Waals surface area contributed by atoms with Crippen molar-refractivity contribution >= 4 is 0 Å². The van der Waals surface area contributed by atoms with Gasteiger partial charge >= 0.3 is 6.36 Å². The number of fused-ring (bicyclic) bond motifs is 3. The van der Waals surface area contributed by atoms with Crippen molar-refractivity contribution in [2.24, 2.45) is 11.8 Å². The zero-order valence-corrected chi connectivity index (χ0v) is 17.2. The molecule has 0 radical (unpaired) electrons. The molecular formula is C24H24F6O. The number of halogens is 6. The molecule has 0 spiro atoms. The zero-order valence-electron chi connectivity index (χ0n) is 17.2. The number of hydrogen-bond donors (Lipinski definition) is 0. The Morgan fingerprint density at radius 3 is 2.29 bits per heavy atom. The van der Waals surface area contributed by atoms with E-state index in [-0.39, 0.29) is 17.0 Å². The summed E-state index contributed by atoms with van der Waals surface area (Å²) in [5.74, 6) is -3.69. The van der Waals surface area contributed by atoms with Crippen LogP contribution in [-0.2, 0) is 6.42 Å². The molecule has 4 rings (SSSR count). The molecule has 1 saturated carbocycles. The van der Waals surface area contributed by atoms with Gasteiger partial charge in [-0.1, -0.05) is 19.8 Å². The molecule has 1 nitrogen and oxygen atoms in total. The van der Waals surface area contributed by atoms with Gasteiger partial charge in [0.05, 0.1) is 0 Å². The van der Waals surface area contributed by atoms with E-state index in [0.717, 1.165) is 55.6 Å². The van der Waals surface area contributed by atoms with Gasteiger partial charge in [-0.05, 0) is 90.8 Å². The van der Waals surface area contributed by atoms with E-state index in [2.05, 4.69) is 11.7 Å². The first-order chi connectivity index (χ1) is 14.7. The minimum absolute atomic E-state index is 0.0202. The molecule has 2 aromatic carbocycles. The van der Waals surface area contributed by atoms with Gasteiger partial charge in [0.1, 0.15) is 5.82 Å². The first-order valence-electron chi connectivity index (χ1n) is 10.7. The Labute approximate surface area is 177 Å². The van der Waals surface area contributed by atoms with Crippen LogP contribution in [0.15, 0.2) is 24.3 Å². The Balaban J connectivity index is 1.64. The van der Waals surface area contributed by atoms with E-state index in [9.17, 15) is 26.3 Å². The van der Waals surface area contributed by atoms with Crippen LogP contribution in [0, 0.1) is 29.3 Å². The molecule has 0 bridgehead atoms. The Morgan fingerprint density at radius 1 is 0.935 bits per heavy atom. The third-order valence-corrected chi connectivity index (χ3v) is 6.73. The third kappa shape index (κ3) is 4.55. The van der Waals surface area contributed by atoms with E-state index in [1.54, 1.807) is 6.07 Å². The lowest BCUT2D eigenvalue weighted by molar-refractivity contribution is -0.276. The first-order valence-corrected chi connectivity index (χ1v) is 10.7. The van der Waals surface area contributed by atoms with E-state index < -0.39 is 29.6 Å². The molecule has 0 N–H and O–H groups in total. The zero-order chi connectivity index (χ0) is 22.3. The van der Waals surface area contributed by atoms with Crippen molar-refractivity contribution in [1.29, 1.82) is 0 Å². The van der Waals surface area contributed by atoms with Crippen molar-refractivity contribution in [3.63, 3.8) is 0 Å². The lowest BCUT2D eigenvalue weighted by Crippen LogP contribution is -2.28. The van der Waals surface area contributed by atoms with Gasteiger partial charge < -0.3 is 4.74 Å². The highest BCUT2D eigenvalue weighted by Crippen LogP contribution is 2.49. The Hall–Kier alpha value is -2.18. The van der Waals surface area contributed by atoms with Crippen molar-refractivity contribution in [2.45, 2.75) is 64.1 Å². The molecule has 1 fully saturated rings. The van der Waals surface area contributed by atoms with Crippen LogP contribution in [0.2, 0.25) is 0 Å². The topological polar surface area (TPSA) is 9.23 Å². The molecule has 168 valence electrons. The van der Waals surface area contributed by atoms with Crippen molar-refractivity contribution in [3.8, 4) is 16.9 Å². The fourth-order valence-electron chi connectivity index (χ4n) is 5.45. The summed E-state index contributed by atoms with van der Waals surface area (Å²) in [7, 11) is 0. The summed E-state index contributed by atoms with van der Waals surface area (Å²) in [5.41, 5.74) is 1.74. The maximum Gasteiger partial charge on any atom is 0.573 e. The van der Waals surface area contributed by atoms with Crippen molar-refractivity contribution in [3.05, 3.63) is 52.8 Å². The van der Waals surface area contributed by atoms with Crippen LogP contribution in [0.3, 0.4) is 0 Å². The quantitative estimate of drug-likeness (QED) is 0.437. The molecule has 0 aliphatic heterocycles. The lowest BCUT2D eigenvalue weighted by Gasteiger charge is -2.41. The standard InChI is InChI=1S/C24H24F6O/c1-2-3-13-4-7-17-14(8-13)5-6-15-9-19(20(25)12-18(15)17)16-10-21(26)23(22(27)11-16)31-24(28,29)30/h9-14,17H,2-8H2,1H3/t13-,14-,17+/m1/s1. The predicted molar refractivity (Wildman–Crippen MR) is 105 cm³/mol. The summed E-state index contributed by atoms with van der Waals surface area (Å²) >= 11 is 0. The highest BCUT2D eigenvalue weighted by atomic mass is 19.4. The second-order valence-electron chi connectivity index (χ2n) is 8.72. The van der Waals surface area contributed by atoms with Crippen molar-refractivity contribution in [2.75, 3.05) is 0 Å². The van der Waals surface area contributed by atoms with Gasteiger partial charge in [-0.2, -0.15) is 0 Å². The van der Waals surface area contributed by atoms with Crippen LogP contribution in [-0.4, -0.2) is 6.36 Å². The third-order valence-electron chi connectivity index (χ3n) is 6.73. The maximum atomic E-state index is 15.0. The average Bonchev–Trinajstić information content (AvgIpc) is 2.69. The van der Waals surface area contributed by atoms with E-state index >= 15 is 0 Å². The molecule has 2 aliphatic rings. The van der Waals surface area contributed by atoms with Gasteiger partial charge in [-0.15, -0.1) is 13.2 Å². The summed E-state index contributed by atoms with van der Waals surface area (Å²) in [6.07, 6.45) is 2.17. The molecular weight excluding hydrogens is 418 g/mol. The average molecular weight is 442 g/mol. The van der Waals surface area contributed by atoms with Crippen LogP contribution in [0.4, 0.5) is 26.3 Å². The van der Waals surface area contributed by atoms with Crippen LogP contribution >= 0.6 is 0 Å². The maximum absolute atomic E-state index is 15.0. The fourth-order valence-corrected chi connectivity index (χ4v) is 5.45. The molecule has 31 heavy (non-hydrogen) atoms. The molecule has 3 atom stereocenters. The van der Waals surface area contributed by atoms with Gasteiger partial charge in [-0.3, -0.25) is 0 Å². The predicted octanol–water partition coefficient (Wildman–Crippen LogP) is 7.92. The van der Waals surface area contributed by atoms with Gasteiger partial charge in [0, 0.05) is 5.56 Å². The molecule has 0 saturated heterocycles. The summed E-state index contributed by atoms with van der Waals surface area (Å²) < 4.78 is 83.8. The SMILES string of the molecule is CCC[C@@H]1CC[C@@H]2c3cc(F)c(-c4cc(F)c(OC(F)(F)F)c(F)c4)cc3CC[C@@H]2C1. The Bertz CT molecular complexity index is 944. The van der Waals surface area contributed by atoms with Gasteiger partial charge in [0.25, 0.3) is 0 Å². The number of benzene rings is 2. The number of rotatable bonds is 4. The second-order valence-corrected chi connectivity index (χ2v) is 8.72. The number of hydrogen-bond acceptors (Lipinski definition) is 1. The van der Waals surface area contributed by atoms with Crippen LogP contribution in [0.25, 0.3) is 11.1 Å². The number of ether oxygens (including phenoxy) is 1. The largest absolute Gasteiger partial charge is 0.573 e. The first kappa shape index (κ1) is 22.0. The Kier molecular flexibility index (Phi) is 5.97. The van der Waals surface area contributed by atoms with Crippen LogP contribution in [0.5, 0.6) is 5.75 Å². The van der Waals surface area contributed by atoms with Crippen LogP contribution in [0.1, 0.15) is 62.5 Å². The molecule has 2 aromatic rings. The smallest absolute Gasteiger partial charge is 0.399 e. The van der Waals surface area contributed by atoms with Crippen molar-refractivity contribution < 1.29 is 31.1 Å². The molecule has 7 heteroatoms. The number of aryl methyl sites for hydroxylation is 1. The summed E-state index contributed by atoms with van der Waals surface area (Å²) in [5, 5.41) is 0. The summed E-state index contributed by atoms with van der Waals surface area (Å²) in [4.78, 5) is 0. The highest BCUT2D eigenvalue weighted by Gasteiger charge is 2.36. The highest BCUT2D eigenvalue weighted by molar-refractivity contribution is 5.67. The molecule has 0 heterocycles. The van der Waals surface area contributed by atoms with E-state index in [1.165, 1.54) is 12.5 Å². The Morgan fingerprint density at radius 2 is 1.65 bits per heavy atom. The van der Waals surface area contributed by atoms with Crippen molar-refractivity contribution in [1.82, 2.24) is 0 Å². The van der Waals surface area contributed by atoms with E-state index in [1.807, 2.05) is 0 Å². The van der Waals surface area contributed by atoms with Crippen LogP contribution < -0.4 is 4.74 Å². The van der Waals surface area contributed by atoms with Gasteiger partial charge in [-0.25, -0.2) is 13.2 Å². The normalized spacial score (nSPS) is 23.3. The van der Waals surface area contributed by atoms with E-state index in [0.29, 0.717) is 18.1 Å². The number of alkyl halides is 3.